The number of aryl methyl sites for hydroxylation is 2. The summed E-state index contributed by atoms with van der Waals surface area (Å²) in [6, 6.07) is 19.3. The van der Waals surface area contributed by atoms with E-state index < -0.39 is 16.1 Å². The molecule has 232 valence electrons. The van der Waals surface area contributed by atoms with Crippen LogP contribution in [0.3, 0.4) is 0 Å². The Morgan fingerprint density at radius 2 is 1.60 bits per heavy atom. The van der Waals surface area contributed by atoms with Crippen molar-refractivity contribution in [2.24, 2.45) is 0 Å². The van der Waals surface area contributed by atoms with E-state index in [9.17, 15) is 18.0 Å². The zero-order chi connectivity index (χ0) is 31.7. The number of nitrogens with one attached hydrogen (secondary N) is 1. The Labute approximate surface area is 266 Å². The van der Waals surface area contributed by atoms with Gasteiger partial charge in [0.25, 0.3) is 0 Å². The van der Waals surface area contributed by atoms with Crippen LogP contribution in [-0.2, 0) is 32.6 Å². The van der Waals surface area contributed by atoms with E-state index >= 15 is 0 Å². The van der Waals surface area contributed by atoms with E-state index in [2.05, 4.69) is 5.32 Å². The largest absolute Gasteiger partial charge is 0.352 e. The molecule has 2 atom stereocenters. The van der Waals surface area contributed by atoms with Gasteiger partial charge in [-0.3, -0.25) is 13.9 Å². The molecule has 0 aliphatic rings. The molecule has 0 saturated heterocycles. The number of rotatable bonds is 14. The van der Waals surface area contributed by atoms with Crippen molar-refractivity contribution in [1.29, 1.82) is 0 Å². The first-order valence-electron chi connectivity index (χ1n) is 14.4. The van der Waals surface area contributed by atoms with Gasteiger partial charge in [-0.15, -0.1) is 0 Å². The van der Waals surface area contributed by atoms with Crippen LogP contribution in [0.2, 0.25) is 10.0 Å². The number of carbonyl (C=O) groups excluding carboxylic acids is 2. The summed E-state index contributed by atoms with van der Waals surface area (Å²) in [5.41, 5.74) is 4.02. The molecule has 0 spiro atoms. The molecule has 3 aromatic rings. The van der Waals surface area contributed by atoms with Crippen molar-refractivity contribution in [2.45, 2.75) is 72.0 Å². The minimum atomic E-state index is -3.60. The molecule has 0 saturated carbocycles. The topological polar surface area (TPSA) is 86.8 Å². The third-order valence-corrected chi connectivity index (χ3v) is 9.06. The molecule has 0 aromatic heterocycles. The number of benzene rings is 3. The summed E-state index contributed by atoms with van der Waals surface area (Å²) in [6.45, 7) is 7.94. The predicted molar refractivity (Wildman–Crippen MR) is 176 cm³/mol. The fourth-order valence-corrected chi connectivity index (χ4v) is 6.34. The van der Waals surface area contributed by atoms with Gasteiger partial charge in [-0.2, -0.15) is 0 Å². The monoisotopic (exact) mass is 645 g/mol. The summed E-state index contributed by atoms with van der Waals surface area (Å²) < 4.78 is 26.8. The van der Waals surface area contributed by atoms with E-state index in [0.717, 1.165) is 29.4 Å². The normalized spacial score (nSPS) is 12.8. The van der Waals surface area contributed by atoms with Gasteiger partial charge in [0.2, 0.25) is 21.8 Å². The van der Waals surface area contributed by atoms with Crippen LogP contribution in [0.1, 0.15) is 55.4 Å². The average molecular weight is 647 g/mol. The van der Waals surface area contributed by atoms with Crippen LogP contribution in [0.5, 0.6) is 0 Å². The van der Waals surface area contributed by atoms with Crippen molar-refractivity contribution >= 4 is 50.7 Å². The molecule has 7 nitrogen and oxygen atoms in total. The van der Waals surface area contributed by atoms with Gasteiger partial charge in [0, 0.05) is 42.0 Å². The molecule has 0 aliphatic heterocycles. The van der Waals surface area contributed by atoms with Gasteiger partial charge in [-0.05, 0) is 80.1 Å². The Kier molecular flexibility index (Phi) is 12.5. The Bertz CT molecular complexity index is 1500. The first-order chi connectivity index (χ1) is 20.3. The van der Waals surface area contributed by atoms with E-state index in [1.165, 1.54) is 4.31 Å². The molecule has 43 heavy (non-hydrogen) atoms. The standard InChI is InChI=1S/C33H41Cl2N3O4S/c1-6-25(4)36-33(40)31(20-26-11-8-7-9-12-26)37(22-27-14-15-28(34)21-30(27)35)32(39)13-10-16-38(43(5,41)42)29-18-23(2)17-24(3)19-29/h7-9,11-12,14-15,17-19,21,25,31H,6,10,13,16,20,22H2,1-5H3,(H,36,40). The van der Waals surface area contributed by atoms with Crippen LogP contribution >= 0.6 is 23.2 Å². The number of hydrogen-bond donors (Lipinski definition) is 1. The molecule has 2 unspecified atom stereocenters. The molecule has 0 aliphatic carbocycles. The maximum Gasteiger partial charge on any atom is 0.243 e. The second-order valence-electron chi connectivity index (χ2n) is 11.1. The minimum Gasteiger partial charge on any atom is -0.352 e. The van der Waals surface area contributed by atoms with E-state index in [1.807, 2.05) is 76.2 Å². The number of hydrogen-bond acceptors (Lipinski definition) is 4. The Morgan fingerprint density at radius 1 is 0.953 bits per heavy atom. The minimum absolute atomic E-state index is 0.0317. The quantitative estimate of drug-likeness (QED) is 0.211. The second kappa shape index (κ2) is 15.6. The van der Waals surface area contributed by atoms with Crippen LogP contribution in [0.4, 0.5) is 5.69 Å². The summed E-state index contributed by atoms with van der Waals surface area (Å²) in [5, 5.41) is 3.91. The highest BCUT2D eigenvalue weighted by Crippen LogP contribution is 2.26. The maximum absolute atomic E-state index is 14.0. The van der Waals surface area contributed by atoms with Gasteiger partial charge in [-0.1, -0.05) is 72.6 Å². The third kappa shape index (κ3) is 10.3. The zero-order valence-corrected chi connectivity index (χ0v) is 27.8. The molecule has 10 heteroatoms. The molecule has 0 radical (unpaired) electrons. The molecule has 3 aromatic carbocycles. The predicted octanol–water partition coefficient (Wildman–Crippen LogP) is 6.71. The van der Waals surface area contributed by atoms with E-state index in [1.54, 1.807) is 23.1 Å². The molecule has 0 fully saturated rings. The molecule has 0 bridgehead atoms. The lowest BCUT2D eigenvalue weighted by molar-refractivity contribution is -0.141. The van der Waals surface area contributed by atoms with Gasteiger partial charge < -0.3 is 10.2 Å². The average Bonchev–Trinajstić information content (AvgIpc) is 2.93. The lowest BCUT2D eigenvalue weighted by Gasteiger charge is -2.33. The lowest BCUT2D eigenvalue weighted by Crippen LogP contribution is -2.52. The van der Waals surface area contributed by atoms with Gasteiger partial charge in [0.15, 0.2) is 0 Å². The SMILES string of the molecule is CCC(C)NC(=O)C(Cc1ccccc1)N(Cc1ccc(Cl)cc1Cl)C(=O)CCCN(c1cc(C)cc(C)c1)S(C)(=O)=O. The number of halogens is 2. The molecule has 0 heterocycles. The summed E-state index contributed by atoms with van der Waals surface area (Å²) in [4.78, 5) is 29.3. The van der Waals surface area contributed by atoms with Crippen LogP contribution in [0, 0.1) is 13.8 Å². The first-order valence-corrected chi connectivity index (χ1v) is 17.0. The van der Waals surface area contributed by atoms with E-state index in [-0.39, 0.29) is 43.8 Å². The smallest absolute Gasteiger partial charge is 0.243 e. The Morgan fingerprint density at radius 3 is 2.19 bits per heavy atom. The number of amides is 2. The highest BCUT2D eigenvalue weighted by atomic mass is 35.5. The highest BCUT2D eigenvalue weighted by molar-refractivity contribution is 7.92. The molecule has 1 N–H and O–H groups in total. The summed E-state index contributed by atoms with van der Waals surface area (Å²) in [6.07, 6.45) is 2.49. The van der Waals surface area contributed by atoms with Crippen molar-refractivity contribution < 1.29 is 18.0 Å². The number of nitrogens with zero attached hydrogens (tertiary/aromatic N) is 2. The van der Waals surface area contributed by atoms with Crippen molar-refractivity contribution in [3.05, 3.63) is 99.0 Å². The Balaban J connectivity index is 1.93. The second-order valence-corrected chi connectivity index (χ2v) is 13.8. The zero-order valence-electron chi connectivity index (χ0n) is 25.4. The lowest BCUT2D eigenvalue weighted by atomic mass is 10.0. The first kappa shape index (κ1) is 34.4. The van der Waals surface area contributed by atoms with Crippen molar-refractivity contribution in [3.63, 3.8) is 0 Å². The van der Waals surface area contributed by atoms with Crippen molar-refractivity contribution in [1.82, 2.24) is 10.2 Å². The van der Waals surface area contributed by atoms with E-state index in [4.69, 9.17) is 23.2 Å². The third-order valence-electron chi connectivity index (χ3n) is 7.27. The van der Waals surface area contributed by atoms with E-state index in [0.29, 0.717) is 27.7 Å². The number of carbonyl (C=O) groups is 2. The van der Waals surface area contributed by atoms with Gasteiger partial charge in [0.05, 0.1) is 11.9 Å². The van der Waals surface area contributed by atoms with Gasteiger partial charge in [-0.25, -0.2) is 8.42 Å². The summed E-state index contributed by atoms with van der Waals surface area (Å²) in [5.74, 6) is -0.537. The van der Waals surface area contributed by atoms with Crippen LogP contribution < -0.4 is 9.62 Å². The highest BCUT2D eigenvalue weighted by Gasteiger charge is 2.31. The summed E-state index contributed by atoms with van der Waals surface area (Å²) >= 11 is 12.7. The fourth-order valence-electron chi connectivity index (χ4n) is 4.93. The van der Waals surface area contributed by atoms with Crippen LogP contribution in [-0.4, -0.2) is 50.0 Å². The van der Waals surface area contributed by atoms with Crippen LogP contribution in [0.15, 0.2) is 66.7 Å². The maximum atomic E-state index is 14.0. The van der Waals surface area contributed by atoms with Crippen molar-refractivity contribution in [3.8, 4) is 0 Å². The summed E-state index contributed by atoms with van der Waals surface area (Å²) in [7, 11) is -3.60. The van der Waals surface area contributed by atoms with Gasteiger partial charge in [0.1, 0.15) is 6.04 Å². The fraction of sp³-hybridized carbons (Fsp3) is 0.394. The van der Waals surface area contributed by atoms with Gasteiger partial charge >= 0.3 is 0 Å². The van der Waals surface area contributed by atoms with Crippen molar-refractivity contribution in [2.75, 3.05) is 17.1 Å². The molecular weight excluding hydrogens is 605 g/mol. The molecular formula is C33H41Cl2N3O4S. The van der Waals surface area contributed by atoms with Crippen LogP contribution in [0.25, 0.3) is 0 Å². The molecule has 2 amide bonds. The number of sulfonamides is 1. The molecule has 3 rings (SSSR count). The number of anilines is 1. The Hall–Kier alpha value is -3.07.